The number of anilines is 1. The molecule has 1 atom stereocenters. The van der Waals surface area contributed by atoms with Gasteiger partial charge in [-0.05, 0) is 48.9 Å². The van der Waals surface area contributed by atoms with E-state index in [0.717, 1.165) is 0 Å². The Morgan fingerprint density at radius 3 is 2.43 bits per heavy atom. The zero-order chi connectivity index (χ0) is 20.4. The van der Waals surface area contributed by atoms with Gasteiger partial charge in [0.05, 0.1) is 21.5 Å². The molecule has 1 amide bonds. The van der Waals surface area contributed by atoms with Gasteiger partial charge < -0.3 is 15.8 Å². The Hall–Kier alpha value is -2.65. The normalized spacial score (nSPS) is 16.5. The topological polar surface area (TPSA) is 88.1 Å². The van der Waals surface area contributed by atoms with Gasteiger partial charge in [0.2, 0.25) is 5.88 Å². The maximum absolute atomic E-state index is 13.1. The SMILES string of the molecule is CC1=C(C(=O)Nc2ccc(Cl)cc2)[C@H](c2ccc(Cl)c(Cl)c2)C(C#N)=C(N)O1. The number of nitrogens with two attached hydrogens (primary N) is 1. The first kappa shape index (κ1) is 20.1. The molecule has 8 heteroatoms. The summed E-state index contributed by atoms with van der Waals surface area (Å²) in [6.07, 6.45) is 0. The molecule has 0 bridgehead atoms. The lowest BCUT2D eigenvalue weighted by Gasteiger charge is -2.27. The van der Waals surface area contributed by atoms with E-state index in [9.17, 15) is 10.1 Å². The fourth-order valence-electron chi connectivity index (χ4n) is 2.93. The van der Waals surface area contributed by atoms with Crippen molar-refractivity contribution in [1.82, 2.24) is 0 Å². The monoisotopic (exact) mass is 433 g/mol. The minimum Gasteiger partial charge on any atom is -0.445 e. The highest BCUT2D eigenvalue weighted by molar-refractivity contribution is 6.42. The lowest BCUT2D eigenvalue weighted by Crippen LogP contribution is -2.27. The highest BCUT2D eigenvalue weighted by atomic mass is 35.5. The Kier molecular flexibility index (Phi) is 5.85. The van der Waals surface area contributed by atoms with Crippen LogP contribution in [0, 0.1) is 11.3 Å². The molecule has 0 spiro atoms. The van der Waals surface area contributed by atoms with Crippen molar-refractivity contribution in [1.29, 1.82) is 5.26 Å². The highest BCUT2D eigenvalue weighted by Gasteiger charge is 2.35. The molecule has 2 aromatic rings. The Bertz CT molecular complexity index is 1050. The minimum absolute atomic E-state index is 0.0564. The number of allylic oxidation sites excluding steroid dienone is 2. The molecule has 0 radical (unpaired) electrons. The number of rotatable bonds is 3. The van der Waals surface area contributed by atoms with E-state index in [1.807, 2.05) is 6.07 Å². The molecule has 0 aliphatic carbocycles. The minimum atomic E-state index is -0.749. The third kappa shape index (κ3) is 3.95. The molecule has 0 unspecified atom stereocenters. The van der Waals surface area contributed by atoms with E-state index < -0.39 is 11.8 Å². The molecule has 0 saturated carbocycles. The number of nitrogens with one attached hydrogen (secondary N) is 1. The van der Waals surface area contributed by atoms with Gasteiger partial charge in [-0.25, -0.2) is 0 Å². The molecule has 142 valence electrons. The van der Waals surface area contributed by atoms with Crippen LogP contribution in [-0.4, -0.2) is 5.91 Å². The van der Waals surface area contributed by atoms with Crippen LogP contribution in [-0.2, 0) is 9.53 Å². The van der Waals surface area contributed by atoms with Crippen LogP contribution < -0.4 is 11.1 Å². The quantitative estimate of drug-likeness (QED) is 0.680. The summed E-state index contributed by atoms with van der Waals surface area (Å²) in [5.74, 6) is -0.949. The van der Waals surface area contributed by atoms with Crippen LogP contribution in [0.1, 0.15) is 18.4 Å². The predicted octanol–water partition coefficient (Wildman–Crippen LogP) is 5.37. The lowest BCUT2D eigenvalue weighted by atomic mass is 9.82. The smallest absolute Gasteiger partial charge is 0.255 e. The highest BCUT2D eigenvalue weighted by Crippen LogP contribution is 2.41. The van der Waals surface area contributed by atoms with E-state index in [0.29, 0.717) is 32.1 Å². The average molecular weight is 435 g/mol. The van der Waals surface area contributed by atoms with Crippen LogP contribution in [0.25, 0.3) is 0 Å². The number of carbonyl (C=O) groups excluding carboxylic acids is 1. The first-order chi connectivity index (χ1) is 13.3. The second-order valence-electron chi connectivity index (χ2n) is 6.03. The molecule has 1 aliphatic heterocycles. The van der Waals surface area contributed by atoms with Gasteiger partial charge in [-0.2, -0.15) is 5.26 Å². The molecule has 3 rings (SSSR count). The fraction of sp³-hybridized carbons (Fsp3) is 0.100. The van der Waals surface area contributed by atoms with Gasteiger partial charge in [0, 0.05) is 10.7 Å². The van der Waals surface area contributed by atoms with Crippen LogP contribution in [0.2, 0.25) is 15.1 Å². The average Bonchev–Trinajstić information content (AvgIpc) is 2.65. The number of carbonyl (C=O) groups is 1. The summed E-state index contributed by atoms with van der Waals surface area (Å²) in [6, 6.07) is 13.6. The summed E-state index contributed by atoms with van der Waals surface area (Å²) in [5, 5.41) is 13.6. The maximum atomic E-state index is 13.1. The van der Waals surface area contributed by atoms with Crippen LogP contribution in [0.5, 0.6) is 0 Å². The van der Waals surface area contributed by atoms with Crippen LogP contribution in [0.4, 0.5) is 5.69 Å². The van der Waals surface area contributed by atoms with E-state index in [-0.39, 0.29) is 17.0 Å². The largest absolute Gasteiger partial charge is 0.445 e. The zero-order valence-electron chi connectivity index (χ0n) is 14.6. The van der Waals surface area contributed by atoms with Crippen molar-refractivity contribution in [3.05, 3.63) is 85.9 Å². The number of ether oxygens (including phenoxy) is 1. The second-order valence-corrected chi connectivity index (χ2v) is 7.28. The molecular formula is C20H14Cl3N3O2. The molecule has 5 nitrogen and oxygen atoms in total. The van der Waals surface area contributed by atoms with Gasteiger partial charge in [0.1, 0.15) is 17.4 Å². The van der Waals surface area contributed by atoms with E-state index >= 15 is 0 Å². The maximum Gasteiger partial charge on any atom is 0.255 e. The Balaban J connectivity index is 2.06. The number of benzene rings is 2. The molecule has 3 N–H and O–H groups in total. The molecular weight excluding hydrogens is 421 g/mol. The molecule has 1 heterocycles. The molecule has 2 aromatic carbocycles. The third-order valence-corrected chi connectivity index (χ3v) is 5.22. The van der Waals surface area contributed by atoms with Gasteiger partial charge >= 0.3 is 0 Å². The number of amides is 1. The van der Waals surface area contributed by atoms with Crippen molar-refractivity contribution in [3.8, 4) is 6.07 Å². The molecule has 28 heavy (non-hydrogen) atoms. The summed E-state index contributed by atoms with van der Waals surface area (Å²) in [4.78, 5) is 13.1. The Morgan fingerprint density at radius 2 is 1.82 bits per heavy atom. The number of hydrogen-bond donors (Lipinski definition) is 2. The first-order valence-electron chi connectivity index (χ1n) is 8.12. The van der Waals surface area contributed by atoms with Crippen molar-refractivity contribution in [3.63, 3.8) is 0 Å². The Labute approximate surface area is 176 Å². The number of nitriles is 1. The summed E-state index contributed by atoms with van der Waals surface area (Å²) in [7, 11) is 0. The van der Waals surface area contributed by atoms with Crippen molar-refractivity contribution < 1.29 is 9.53 Å². The third-order valence-electron chi connectivity index (χ3n) is 4.23. The zero-order valence-corrected chi connectivity index (χ0v) is 16.9. The van der Waals surface area contributed by atoms with Crippen molar-refractivity contribution in [2.75, 3.05) is 5.32 Å². The first-order valence-corrected chi connectivity index (χ1v) is 9.25. The molecule has 1 aliphatic rings. The number of halogens is 3. The van der Waals surface area contributed by atoms with Gasteiger partial charge in [0.15, 0.2) is 0 Å². The fourth-order valence-corrected chi connectivity index (χ4v) is 3.36. The van der Waals surface area contributed by atoms with E-state index in [1.54, 1.807) is 49.4 Å². The van der Waals surface area contributed by atoms with E-state index in [2.05, 4.69) is 5.32 Å². The van der Waals surface area contributed by atoms with Crippen molar-refractivity contribution in [2.45, 2.75) is 12.8 Å². The lowest BCUT2D eigenvalue weighted by molar-refractivity contribution is -0.113. The summed E-state index contributed by atoms with van der Waals surface area (Å²) >= 11 is 18.0. The number of nitrogens with zero attached hydrogens (tertiary/aromatic N) is 1. The molecule has 0 aromatic heterocycles. The number of hydrogen-bond acceptors (Lipinski definition) is 4. The van der Waals surface area contributed by atoms with E-state index in [1.165, 1.54) is 0 Å². The summed E-state index contributed by atoms with van der Waals surface area (Å²) < 4.78 is 5.46. The van der Waals surface area contributed by atoms with Crippen LogP contribution in [0.15, 0.2) is 65.3 Å². The summed E-state index contributed by atoms with van der Waals surface area (Å²) in [5.41, 5.74) is 7.41. The molecule has 0 fully saturated rings. The Morgan fingerprint density at radius 1 is 1.14 bits per heavy atom. The van der Waals surface area contributed by atoms with Crippen molar-refractivity contribution in [2.24, 2.45) is 5.73 Å². The van der Waals surface area contributed by atoms with E-state index in [4.69, 9.17) is 45.3 Å². The summed E-state index contributed by atoms with van der Waals surface area (Å²) in [6.45, 7) is 1.61. The van der Waals surface area contributed by atoms with Gasteiger partial charge in [0.25, 0.3) is 5.91 Å². The second kappa shape index (κ2) is 8.15. The molecule has 0 saturated heterocycles. The van der Waals surface area contributed by atoms with Gasteiger partial charge in [-0.1, -0.05) is 40.9 Å². The predicted molar refractivity (Wildman–Crippen MR) is 110 cm³/mol. The van der Waals surface area contributed by atoms with Crippen molar-refractivity contribution >= 4 is 46.4 Å². The van der Waals surface area contributed by atoms with Gasteiger partial charge in [-0.3, -0.25) is 4.79 Å². The van der Waals surface area contributed by atoms with Gasteiger partial charge in [-0.15, -0.1) is 0 Å². The van der Waals surface area contributed by atoms with Crippen LogP contribution >= 0.6 is 34.8 Å². The standard InChI is InChI=1S/C20H14Cl3N3O2/c1-10-17(20(27)26-13-5-3-12(21)4-6-13)18(14(9-24)19(25)28-10)11-2-7-15(22)16(23)8-11/h2-8,18H,25H2,1H3,(H,26,27)/t18-/m1/s1. The van der Waals surface area contributed by atoms with Crippen LogP contribution in [0.3, 0.4) is 0 Å².